The molecule has 2 saturated heterocycles. The van der Waals surface area contributed by atoms with Gasteiger partial charge in [0.15, 0.2) is 12.4 Å². The minimum absolute atomic E-state index is 0.122. The first kappa shape index (κ1) is 25.9. The van der Waals surface area contributed by atoms with Crippen LogP contribution in [-0.4, -0.2) is 67.7 Å². The number of aliphatic hydroxyl groups is 1. The SMILES string of the molecule is Cc1cc(OCC(C)C)ccc1C(O)=C1C(=O)C(=O)N(CCC[NH+]2CCOCC2)C1c1ccc[nH+]c1. The number of benzene rings is 1. The van der Waals surface area contributed by atoms with Gasteiger partial charge in [0.2, 0.25) is 0 Å². The third-order valence-corrected chi connectivity index (χ3v) is 6.75. The fraction of sp³-hybridized carbons (Fsp3) is 0.464. The molecule has 1 unspecified atom stereocenters. The van der Waals surface area contributed by atoms with Crippen LogP contribution in [0.25, 0.3) is 5.76 Å². The highest BCUT2D eigenvalue weighted by atomic mass is 16.5. The number of likely N-dealkylation sites (tertiary alicyclic amines) is 1. The lowest BCUT2D eigenvalue weighted by atomic mass is 9.94. The standard InChI is InChI=1S/C28H35N3O5/c1-19(2)18-36-22-7-8-23(20(3)16-22)26(32)24-25(21-6-4-9-29-17-21)31(28(34)27(24)33)11-5-10-30-12-14-35-15-13-30/h4,6-9,16-17,19,25,32H,5,10-15,18H2,1-3H3/p+2. The highest BCUT2D eigenvalue weighted by Gasteiger charge is 2.46. The molecule has 1 aromatic carbocycles. The number of hydrogen-bond donors (Lipinski definition) is 2. The smallest absolute Gasteiger partial charge is 0.295 e. The number of ketones is 1. The molecule has 0 spiro atoms. The van der Waals surface area contributed by atoms with Crippen LogP contribution in [0, 0.1) is 12.8 Å². The Morgan fingerprint density at radius 3 is 2.69 bits per heavy atom. The number of carbonyl (C=O) groups is 2. The molecular weight excluding hydrogens is 458 g/mol. The van der Waals surface area contributed by atoms with Crippen molar-refractivity contribution in [3.63, 3.8) is 0 Å². The average Bonchev–Trinajstić information content (AvgIpc) is 3.13. The maximum Gasteiger partial charge on any atom is 0.295 e. The third-order valence-electron chi connectivity index (χ3n) is 6.75. The minimum atomic E-state index is -0.654. The fourth-order valence-electron chi connectivity index (χ4n) is 4.84. The number of aromatic nitrogens is 1. The van der Waals surface area contributed by atoms with Gasteiger partial charge in [-0.15, -0.1) is 0 Å². The zero-order chi connectivity index (χ0) is 25.7. The van der Waals surface area contributed by atoms with Gasteiger partial charge in [0.05, 0.1) is 38.0 Å². The lowest BCUT2D eigenvalue weighted by molar-refractivity contribution is -0.908. The number of quaternary nitrogens is 1. The Morgan fingerprint density at radius 2 is 2.03 bits per heavy atom. The number of carbonyl (C=O) groups excluding carboxylic acids is 2. The van der Waals surface area contributed by atoms with Gasteiger partial charge in [-0.25, -0.2) is 4.98 Å². The van der Waals surface area contributed by atoms with Gasteiger partial charge in [0, 0.05) is 30.2 Å². The Morgan fingerprint density at radius 1 is 1.25 bits per heavy atom. The van der Waals surface area contributed by atoms with E-state index in [2.05, 4.69) is 18.8 Å². The van der Waals surface area contributed by atoms with Crippen molar-refractivity contribution in [1.29, 1.82) is 0 Å². The molecule has 0 radical (unpaired) electrons. The predicted octanol–water partition coefficient (Wildman–Crippen LogP) is 1.57. The maximum absolute atomic E-state index is 13.3. The summed E-state index contributed by atoms with van der Waals surface area (Å²) in [7, 11) is 0. The third kappa shape index (κ3) is 5.77. The van der Waals surface area contributed by atoms with E-state index in [1.807, 2.05) is 25.1 Å². The lowest BCUT2D eigenvalue weighted by Crippen LogP contribution is -3.14. The Labute approximate surface area is 212 Å². The number of amides is 1. The molecule has 3 N–H and O–H groups in total. The summed E-state index contributed by atoms with van der Waals surface area (Å²) in [6, 6.07) is 8.44. The molecule has 2 aromatic rings. The molecule has 2 aliphatic heterocycles. The number of nitrogens with one attached hydrogen (secondary N) is 2. The second-order valence-electron chi connectivity index (χ2n) is 9.98. The number of pyridine rings is 1. The Kier molecular flexibility index (Phi) is 8.38. The highest BCUT2D eigenvalue weighted by Crippen LogP contribution is 2.39. The molecule has 8 nitrogen and oxygen atoms in total. The van der Waals surface area contributed by atoms with Crippen LogP contribution in [-0.2, 0) is 14.3 Å². The van der Waals surface area contributed by atoms with E-state index >= 15 is 0 Å². The molecule has 8 heteroatoms. The molecule has 3 heterocycles. The van der Waals surface area contributed by atoms with Crippen LogP contribution in [0.4, 0.5) is 0 Å². The minimum Gasteiger partial charge on any atom is -0.507 e. The molecule has 192 valence electrons. The van der Waals surface area contributed by atoms with E-state index in [0.717, 1.165) is 50.4 Å². The van der Waals surface area contributed by atoms with Crippen LogP contribution in [0.2, 0.25) is 0 Å². The Hall–Kier alpha value is -3.23. The van der Waals surface area contributed by atoms with Crippen LogP contribution in [0.5, 0.6) is 5.75 Å². The second kappa shape index (κ2) is 11.7. The quantitative estimate of drug-likeness (QED) is 0.313. The summed E-state index contributed by atoms with van der Waals surface area (Å²) in [5, 5.41) is 11.4. The van der Waals surface area contributed by atoms with Crippen molar-refractivity contribution >= 4 is 17.4 Å². The van der Waals surface area contributed by atoms with Gasteiger partial charge >= 0.3 is 0 Å². The molecule has 0 bridgehead atoms. The van der Waals surface area contributed by atoms with E-state index in [9.17, 15) is 14.7 Å². The van der Waals surface area contributed by atoms with E-state index < -0.39 is 17.7 Å². The van der Waals surface area contributed by atoms with Gasteiger partial charge in [0.25, 0.3) is 11.7 Å². The van der Waals surface area contributed by atoms with E-state index in [1.165, 1.54) is 4.90 Å². The molecule has 2 fully saturated rings. The van der Waals surface area contributed by atoms with Gasteiger partial charge in [-0.2, -0.15) is 0 Å². The molecule has 4 rings (SSSR count). The number of aliphatic hydroxyl groups excluding tert-OH is 1. The van der Waals surface area contributed by atoms with Gasteiger partial charge in [-0.05, 0) is 42.7 Å². The van der Waals surface area contributed by atoms with Crippen molar-refractivity contribution in [3.05, 3.63) is 65.0 Å². The maximum atomic E-state index is 13.3. The number of rotatable bonds is 9. The summed E-state index contributed by atoms with van der Waals surface area (Å²) in [6.45, 7) is 11.4. The zero-order valence-electron chi connectivity index (χ0n) is 21.4. The molecule has 2 aliphatic rings. The van der Waals surface area contributed by atoms with Crippen LogP contribution in [0.15, 0.2) is 48.3 Å². The number of nitrogens with zero attached hydrogens (tertiary/aromatic N) is 1. The summed E-state index contributed by atoms with van der Waals surface area (Å²) in [6.07, 6.45) is 4.31. The zero-order valence-corrected chi connectivity index (χ0v) is 21.4. The van der Waals surface area contributed by atoms with Gasteiger partial charge < -0.3 is 24.4 Å². The molecule has 1 aromatic heterocycles. The fourth-order valence-corrected chi connectivity index (χ4v) is 4.84. The van der Waals surface area contributed by atoms with Crippen LogP contribution < -0.4 is 14.6 Å². The highest BCUT2D eigenvalue weighted by molar-refractivity contribution is 6.46. The van der Waals surface area contributed by atoms with Crippen molar-refractivity contribution in [2.45, 2.75) is 33.2 Å². The largest absolute Gasteiger partial charge is 0.507 e. The van der Waals surface area contributed by atoms with Crippen molar-refractivity contribution in [2.24, 2.45) is 5.92 Å². The number of aryl methyl sites for hydroxylation is 1. The van der Waals surface area contributed by atoms with Crippen LogP contribution >= 0.6 is 0 Å². The number of Topliss-reactive ketones (excluding diaryl/α,β-unsaturated/α-hetero) is 1. The topological polar surface area (TPSA) is 94.7 Å². The van der Waals surface area contributed by atoms with E-state index in [-0.39, 0.29) is 11.3 Å². The monoisotopic (exact) mass is 495 g/mol. The van der Waals surface area contributed by atoms with E-state index in [1.54, 1.807) is 29.4 Å². The number of morpholine rings is 1. The molecule has 0 saturated carbocycles. The number of hydrogen-bond acceptors (Lipinski definition) is 5. The van der Waals surface area contributed by atoms with Crippen molar-refractivity contribution < 1.29 is 34.1 Å². The van der Waals surface area contributed by atoms with E-state index in [0.29, 0.717) is 30.4 Å². The lowest BCUT2D eigenvalue weighted by Gasteiger charge is -2.27. The molecule has 1 atom stereocenters. The van der Waals surface area contributed by atoms with Crippen molar-refractivity contribution in [2.75, 3.05) is 46.0 Å². The molecule has 1 amide bonds. The van der Waals surface area contributed by atoms with Crippen LogP contribution in [0.1, 0.15) is 43.0 Å². The number of aromatic amines is 1. The summed E-state index contributed by atoms with van der Waals surface area (Å²) in [5.74, 6) is -0.284. The first-order valence-corrected chi connectivity index (χ1v) is 12.8. The average molecular weight is 496 g/mol. The second-order valence-corrected chi connectivity index (χ2v) is 9.98. The van der Waals surface area contributed by atoms with Crippen molar-refractivity contribution in [3.8, 4) is 5.75 Å². The molecule has 36 heavy (non-hydrogen) atoms. The summed E-state index contributed by atoms with van der Waals surface area (Å²) in [5.41, 5.74) is 2.17. The van der Waals surface area contributed by atoms with Crippen molar-refractivity contribution in [1.82, 2.24) is 4.90 Å². The van der Waals surface area contributed by atoms with Gasteiger partial charge in [0.1, 0.15) is 24.6 Å². The summed E-state index contributed by atoms with van der Waals surface area (Å²) in [4.78, 5) is 32.5. The Bertz CT molecular complexity index is 1110. The number of H-pyrrole nitrogens is 1. The van der Waals surface area contributed by atoms with Gasteiger partial charge in [-0.3, -0.25) is 9.59 Å². The summed E-state index contributed by atoms with van der Waals surface area (Å²) < 4.78 is 11.2. The molecule has 0 aliphatic carbocycles. The first-order chi connectivity index (χ1) is 17.4. The first-order valence-electron chi connectivity index (χ1n) is 12.8. The van der Waals surface area contributed by atoms with Crippen LogP contribution in [0.3, 0.4) is 0 Å². The predicted molar refractivity (Wildman–Crippen MR) is 135 cm³/mol. The molecular formula is C28H37N3O5+2. The summed E-state index contributed by atoms with van der Waals surface area (Å²) >= 11 is 0. The normalized spacial score (nSPS) is 20.3. The Balaban J connectivity index is 1.63. The van der Waals surface area contributed by atoms with E-state index in [4.69, 9.17) is 9.47 Å². The number of ether oxygens (including phenoxy) is 2. The van der Waals surface area contributed by atoms with Gasteiger partial charge in [-0.1, -0.05) is 13.8 Å².